The number of carbonyl (C=O) groups is 2. The minimum absolute atomic E-state index is 0.196. The van der Waals surface area contributed by atoms with Crippen molar-refractivity contribution in [3.05, 3.63) is 0 Å². The van der Waals surface area contributed by atoms with E-state index in [4.69, 9.17) is 0 Å². The van der Waals surface area contributed by atoms with Crippen LogP contribution in [0, 0.1) is 17.3 Å². The lowest BCUT2D eigenvalue weighted by Gasteiger charge is -2.51. The molecule has 0 radical (unpaired) electrons. The van der Waals surface area contributed by atoms with Crippen molar-refractivity contribution in [2.45, 2.75) is 33.1 Å². The van der Waals surface area contributed by atoms with Crippen molar-refractivity contribution < 1.29 is 9.59 Å². The Morgan fingerprint density at radius 2 is 1.58 bits per heavy atom. The topological polar surface area (TPSA) is 34.1 Å². The fraction of sp³-hybridized carbons (Fsp3) is 0.800. The molecule has 0 aromatic carbocycles. The van der Waals surface area contributed by atoms with Gasteiger partial charge in [0.25, 0.3) is 0 Å². The van der Waals surface area contributed by atoms with Crippen LogP contribution in [0.2, 0.25) is 0 Å². The van der Waals surface area contributed by atoms with Gasteiger partial charge in [0.05, 0.1) is 0 Å². The van der Waals surface area contributed by atoms with Crippen LogP contribution in [0.25, 0.3) is 0 Å². The average Bonchev–Trinajstić information content (AvgIpc) is 2.03. The van der Waals surface area contributed by atoms with Crippen molar-refractivity contribution in [3.63, 3.8) is 0 Å². The van der Waals surface area contributed by atoms with Crippen LogP contribution in [-0.4, -0.2) is 12.6 Å². The van der Waals surface area contributed by atoms with E-state index in [-0.39, 0.29) is 5.41 Å². The highest BCUT2D eigenvalue weighted by Gasteiger charge is 2.46. The van der Waals surface area contributed by atoms with Gasteiger partial charge in [0.1, 0.15) is 12.6 Å². The Balaban J connectivity index is 2.46. The molecule has 0 spiro atoms. The molecule has 0 aromatic rings. The molecule has 0 N–H and O–H groups in total. The summed E-state index contributed by atoms with van der Waals surface area (Å²) in [5.74, 6) is 1.000. The third-order valence-electron chi connectivity index (χ3n) is 3.43. The van der Waals surface area contributed by atoms with Crippen LogP contribution in [0.4, 0.5) is 0 Å². The van der Waals surface area contributed by atoms with Gasteiger partial charge >= 0.3 is 0 Å². The first-order valence-electron chi connectivity index (χ1n) is 4.50. The zero-order valence-electron chi connectivity index (χ0n) is 7.75. The zero-order chi connectivity index (χ0) is 9.19. The van der Waals surface area contributed by atoms with Crippen LogP contribution >= 0.6 is 0 Å². The summed E-state index contributed by atoms with van der Waals surface area (Å²) in [4.78, 5) is 20.6. The van der Waals surface area contributed by atoms with Crippen molar-refractivity contribution in [1.82, 2.24) is 0 Å². The maximum Gasteiger partial charge on any atom is 0.120 e. The van der Waals surface area contributed by atoms with E-state index in [0.717, 1.165) is 19.0 Å². The Kier molecular flexibility index (Phi) is 2.65. The molecule has 0 amide bonds. The molecule has 12 heavy (non-hydrogen) atoms. The van der Waals surface area contributed by atoms with E-state index < -0.39 is 0 Å². The number of aldehydes is 2. The first kappa shape index (κ1) is 9.43. The van der Waals surface area contributed by atoms with Gasteiger partial charge in [0.15, 0.2) is 0 Å². The lowest BCUT2D eigenvalue weighted by atomic mass is 9.53. The van der Waals surface area contributed by atoms with E-state index in [1.54, 1.807) is 0 Å². The average molecular weight is 168 g/mol. The van der Waals surface area contributed by atoms with Gasteiger partial charge in [-0.3, -0.25) is 0 Å². The van der Waals surface area contributed by atoms with E-state index in [2.05, 4.69) is 13.8 Å². The molecular formula is C10H16O2. The molecule has 0 aromatic heterocycles. The maximum absolute atomic E-state index is 10.3. The summed E-state index contributed by atoms with van der Waals surface area (Å²) in [7, 11) is 0. The predicted molar refractivity (Wildman–Crippen MR) is 46.7 cm³/mol. The predicted octanol–water partition coefficient (Wildman–Crippen LogP) is 1.83. The van der Waals surface area contributed by atoms with E-state index in [9.17, 15) is 9.59 Å². The van der Waals surface area contributed by atoms with Crippen LogP contribution in [0.1, 0.15) is 33.1 Å². The van der Waals surface area contributed by atoms with Crippen molar-refractivity contribution in [2.24, 2.45) is 17.3 Å². The third kappa shape index (κ3) is 1.43. The molecule has 0 heterocycles. The number of hydrogen-bond acceptors (Lipinski definition) is 2. The molecule has 1 aliphatic carbocycles. The maximum atomic E-state index is 10.3. The molecule has 1 saturated carbocycles. The smallest absolute Gasteiger partial charge is 0.120 e. The Morgan fingerprint density at radius 1 is 1.17 bits per heavy atom. The lowest BCUT2D eigenvalue weighted by molar-refractivity contribution is -0.117. The van der Waals surface area contributed by atoms with Crippen LogP contribution in [0.3, 0.4) is 0 Å². The van der Waals surface area contributed by atoms with Crippen molar-refractivity contribution in [1.29, 1.82) is 0 Å². The summed E-state index contributed by atoms with van der Waals surface area (Å²) in [6.07, 6.45) is 4.34. The molecule has 2 heteroatoms. The molecule has 68 valence electrons. The third-order valence-corrected chi connectivity index (χ3v) is 3.43. The monoisotopic (exact) mass is 168 g/mol. The Hall–Kier alpha value is -0.660. The number of carbonyl (C=O) groups excluding carboxylic acids is 2. The van der Waals surface area contributed by atoms with E-state index in [1.807, 2.05) is 0 Å². The molecule has 1 fully saturated rings. The largest absolute Gasteiger partial charge is 0.303 e. The number of rotatable bonds is 4. The second kappa shape index (κ2) is 3.38. The summed E-state index contributed by atoms with van der Waals surface area (Å²) in [6.45, 7) is 4.30. The van der Waals surface area contributed by atoms with Gasteiger partial charge in [-0.2, -0.15) is 0 Å². The molecule has 1 rings (SSSR count). The summed E-state index contributed by atoms with van der Waals surface area (Å²) in [5, 5.41) is 0. The molecule has 0 aliphatic heterocycles. The molecular weight excluding hydrogens is 152 g/mol. The molecule has 2 unspecified atom stereocenters. The fourth-order valence-electron chi connectivity index (χ4n) is 2.16. The summed E-state index contributed by atoms with van der Waals surface area (Å²) in [5.41, 5.74) is 0.196. The quantitative estimate of drug-likeness (QED) is 0.600. The van der Waals surface area contributed by atoms with Crippen molar-refractivity contribution >= 4 is 12.6 Å². The second-order valence-electron chi connectivity index (χ2n) is 4.26. The van der Waals surface area contributed by atoms with E-state index >= 15 is 0 Å². The highest BCUT2D eigenvalue weighted by molar-refractivity contribution is 5.52. The van der Waals surface area contributed by atoms with Crippen molar-refractivity contribution in [2.75, 3.05) is 0 Å². The van der Waals surface area contributed by atoms with Gasteiger partial charge in [-0.25, -0.2) is 0 Å². The summed E-state index contributed by atoms with van der Waals surface area (Å²) in [6, 6.07) is 0. The minimum Gasteiger partial charge on any atom is -0.303 e. The highest BCUT2D eigenvalue weighted by atomic mass is 16.1. The van der Waals surface area contributed by atoms with Gasteiger partial charge < -0.3 is 9.59 Å². The lowest BCUT2D eigenvalue weighted by Crippen LogP contribution is -2.45. The van der Waals surface area contributed by atoms with Gasteiger partial charge in [-0.05, 0) is 23.7 Å². The summed E-state index contributed by atoms with van der Waals surface area (Å²) < 4.78 is 0. The van der Waals surface area contributed by atoms with Gasteiger partial charge in [0.2, 0.25) is 0 Å². The molecule has 2 nitrogen and oxygen atoms in total. The van der Waals surface area contributed by atoms with E-state index in [0.29, 0.717) is 24.7 Å². The molecule has 1 aliphatic rings. The zero-order valence-corrected chi connectivity index (χ0v) is 7.75. The molecule has 2 atom stereocenters. The normalized spacial score (nSPS) is 32.2. The highest BCUT2D eigenvalue weighted by Crippen LogP contribution is 2.53. The van der Waals surface area contributed by atoms with E-state index in [1.165, 1.54) is 0 Å². The van der Waals surface area contributed by atoms with Gasteiger partial charge in [-0.15, -0.1) is 0 Å². The van der Waals surface area contributed by atoms with Crippen LogP contribution in [0.5, 0.6) is 0 Å². The summed E-state index contributed by atoms with van der Waals surface area (Å²) >= 11 is 0. The van der Waals surface area contributed by atoms with Crippen LogP contribution in [-0.2, 0) is 9.59 Å². The second-order valence-corrected chi connectivity index (χ2v) is 4.26. The molecule has 0 saturated heterocycles. The van der Waals surface area contributed by atoms with Gasteiger partial charge in [0, 0.05) is 12.8 Å². The Bertz CT molecular complexity index is 166. The minimum atomic E-state index is 0.196. The van der Waals surface area contributed by atoms with Crippen LogP contribution in [0.15, 0.2) is 0 Å². The standard InChI is InChI=1S/C10H16O2/c1-10(2)8(3-5-11)7-9(10)4-6-12/h5-6,8-9H,3-4,7H2,1-2H3. The van der Waals surface area contributed by atoms with Crippen LogP contribution < -0.4 is 0 Å². The first-order chi connectivity index (χ1) is 5.62. The SMILES string of the molecule is CC1(C)C(CC=O)CC1CC=O. The Morgan fingerprint density at radius 3 is 1.83 bits per heavy atom. The Labute approximate surface area is 73.3 Å². The first-order valence-corrected chi connectivity index (χ1v) is 4.50. The number of hydrogen-bond donors (Lipinski definition) is 0. The fourth-order valence-corrected chi connectivity index (χ4v) is 2.16. The van der Waals surface area contributed by atoms with Crippen molar-refractivity contribution in [3.8, 4) is 0 Å². The molecule has 0 bridgehead atoms. The van der Waals surface area contributed by atoms with Gasteiger partial charge in [-0.1, -0.05) is 13.8 Å².